The lowest BCUT2D eigenvalue weighted by Gasteiger charge is -2.37. The molecule has 0 aliphatic rings. The monoisotopic (exact) mass is 437 g/mol. The molecule has 0 aliphatic heterocycles. The normalized spacial score (nSPS) is 13.6. The molecule has 0 N–H and O–H groups in total. The summed E-state index contributed by atoms with van der Waals surface area (Å²) in [6, 6.07) is 14.6. The van der Waals surface area contributed by atoms with Crippen molar-refractivity contribution in [3.63, 3.8) is 0 Å². The molecule has 1 aromatic heterocycles. The summed E-state index contributed by atoms with van der Waals surface area (Å²) in [5.41, 5.74) is 4.23. The fourth-order valence-electron chi connectivity index (χ4n) is 4.00. The molecule has 31 heavy (non-hydrogen) atoms. The molecule has 0 aliphatic carbocycles. The van der Waals surface area contributed by atoms with Crippen molar-refractivity contribution in [2.75, 3.05) is 0 Å². The van der Waals surface area contributed by atoms with E-state index in [4.69, 9.17) is 14.6 Å². The molecule has 3 aromatic rings. The molecule has 0 bridgehead atoms. The van der Waals surface area contributed by atoms with Crippen LogP contribution in [0.2, 0.25) is 18.1 Å². The highest BCUT2D eigenvalue weighted by Gasteiger charge is 2.40. The predicted octanol–water partition coefficient (Wildman–Crippen LogP) is 7.52. The Balaban J connectivity index is 2.15. The Bertz CT molecular complexity index is 1040. The first-order chi connectivity index (χ1) is 14.1. The second-order valence-electron chi connectivity index (χ2n) is 12.1. The zero-order chi connectivity index (χ0) is 23.2. The average molecular weight is 438 g/mol. The van der Waals surface area contributed by atoms with Crippen molar-refractivity contribution in [3.8, 4) is 11.4 Å². The number of benzene rings is 2. The molecule has 1 heterocycles. The van der Waals surface area contributed by atoms with Gasteiger partial charge in [-0.2, -0.15) is 0 Å². The first-order valence-corrected chi connectivity index (χ1v) is 14.2. The summed E-state index contributed by atoms with van der Waals surface area (Å²) < 4.78 is 6.75. The van der Waals surface area contributed by atoms with Gasteiger partial charge in [0.25, 0.3) is 8.32 Å². The summed E-state index contributed by atoms with van der Waals surface area (Å²) in [4.78, 5) is 1.75. The highest BCUT2D eigenvalue weighted by molar-refractivity contribution is 6.74. The number of fused-ring (bicyclic) bond motifs is 1. The summed E-state index contributed by atoms with van der Waals surface area (Å²) in [7, 11) is -2.02. The third-order valence-electron chi connectivity index (χ3n) is 6.39. The second-order valence-corrected chi connectivity index (χ2v) is 16.9. The van der Waals surface area contributed by atoms with E-state index in [1.54, 1.807) is 4.80 Å². The number of nitrogens with zero attached hydrogens (tertiary/aromatic N) is 3. The molecule has 0 spiro atoms. The first kappa shape index (κ1) is 23.5. The van der Waals surface area contributed by atoms with Gasteiger partial charge in [0, 0.05) is 0 Å². The van der Waals surface area contributed by atoms with Crippen LogP contribution in [0.15, 0.2) is 42.5 Å². The molecule has 0 radical (unpaired) electrons. The quantitative estimate of drug-likeness (QED) is 0.387. The smallest absolute Gasteiger partial charge is 0.250 e. The van der Waals surface area contributed by atoms with Crippen molar-refractivity contribution < 1.29 is 4.43 Å². The Morgan fingerprint density at radius 2 is 1.39 bits per heavy atom. The second kappa shape index (κ2) is 7.77. The van der Waals surface area contributed by atoms with Gasteiger partial charge < -0.3 is 4.43 Å². The molecular weight excluding hydrogens is 398 g/mol. The van der Waals surface area contributed by atoms with Crippen LogP contribution in [0.1, 0.15) is 67.4 Å². The Morgan fingerprint density at radius 1 is 0.839 bits per heavy atom. The third-order valence-corrected chi connectivity index (χ3v) is 10.7. The van der Waals surface area contributed by atoms with Crippen molar-refractivity contribution in [2.24, 2.45) is 5.41 Å². The summed E-state index contributed by atoms with van der Waals surface area (Å²) in [6.07, 6.45) is 1.08. The average Bonchev–Trinajstić information content (AvgIpc) is 3.02. The molecule has 4 nitrogen and oxygen atoms in total. The molecule has 168 valence electrons. The van der Waals surface area contributed by atoms with Gasteiger partial charge in [-0.1, -0.05) is 73.6 Å². The maximum atomic E-state index is 6.75. The van der Waals surface area contributed by atoms with Crippen molar-refractivity contribution in [1.82, 2.24) is 15.0 Å². The van der Waals surface area contributed by atoms with Crippen LogP contribution in [-0.2, 0) is 5.41 Å². The summed E-state index contributed by atoms with van der Waals surface area (Å²) in [6.45, 7) is 22.9. The SMILES string of the molecule is CC(C)(C)CC(C)(C)c1ccc(O[Si](C)(C)C(C)(C)C)c(-n2nc3ccccc3n2)c1. The van der Waals surface area contributed by atoms with Crippen LogP contribution in [-0.4, -0.2) is 23.3 Å². The van der Waals surface area contributed by atoms with E-state index in [-0.39, 0.29) is 15.9 Å². The highest BCUT2D eigenvalue weighted by Crippen LogP contribution is 2.41. The van der Waals surface area contributed by atoms with Crippen LogP contribution < -0.4 is 4.43 Å². The predicted molar refractivity (Wildman–Crippen MR) is 134 cm³/mol. The molecule has 5 heteroatoms. The van der Waals surface area contributed by atoms with E-state index in [1.807, 2.05) is 24.3 Å². The Morgan fingerprint density at radius 3 is 1.87 bits per heavy atom. The third kappa shape index (κ3) is 5.20. The lowest BCUT2D eigenvalue weighted by Crippen LogP contribution is -2.44. The van der Waals surface area contributed by atoms with Gasteiger partial charge in [-0.05, 0) is 65.2 Å². The fourth-order valence-corrected chi connectivity index (χ4v) is 5.03. The van der Waals surface area contributed by atoms with E-state index in [9.17, 15) is 0 Å². The molecule has 0 saturated heterocycles. The van der Waals surface area contributed by atoms with Crippen molar-refractivity contribution >= 4 is 19.4 Å². The zero-order valence-corrected chi connectivity index (χ0v) is 22.0. The van der Waals surface area contributed by atoms with Crippen LogP contribution in [0.4, 0.5) is 0 Å². The minimum absolute atomic E-state index is 0.0229. The lowest BCUT2D eigenvalue weighted by atomic mass is 9.72. The minimum atomic E-state index is -2.02. The van der Waals surface area contributed by atoms with E-state index < -0.39 is 8.32 Å². The van der Waals surface area contributed by atoms with Gasteiger partial charge in [0.1, 0.15) is 22.5 Å². The van der Waals surface area contributed by atoms with E-state index in [0.29, 0.717) is 0 Å². The van der Waals surface area contributed by atoms with Gasteiger partial charge in [0.2, 0.25) is 0 Å². The standard InChI is InChI=1S/C26H39N3OSi/c1-24(2,3)18-26(7,8)19-15-16-23(30-31(9,10)25(4,5)6)22(17-19)29-27-20-13-11-12-14-21(20)28-29/h11-17H,18H2,1-10H3. The topological polar surface area (TPSA) is 39.9 Å². The van der Waals surface area contributed by atoms with Crippen molar-refractivity contribution in [1.29, 1.82) is 0 Å². The maximum Gasteiger partial charge on any atom is 0.250 e. The summed E-state index contributed by atoms with van der Waals surface area (Å²) in [5.74, 6) is 0.863. The van der Waals surface area contributed by atoms with Gasteiger partial charge in [-0.15, -0.1) is 15.0 Å². The van der Waals surface area contributed by atoms with Gasteiger partial charge in [-0.3, -0.25) is 0 Å². The molecule has 0 fully saturated rings. The van der Waals surface area contributed by atoms with Gasteiger partial charge in [0.05, 0.1) is 0 Å². The highest BCUT2D eigenvalue weighted by atomic mass is 28.4. The molecule has 2 aromatic carbocycles. The van der Waals surface area contributed by atoms with Crippen molar-refractivity contribution in [2.45, 2.75) is 85.4 Å². The lowest BCUT2D eigenvalue weighted by molar-refractivity contribution is 0.284. The number of hydrogen-bond acceptors (Lipinski definition) is 3. The Kier molecular flexibility index (Phi) is 5.89. The maximum absolute atomic E-state index is 6.75. The minimum Gasteiger partial charge on any atom is -0.542 e. The van der Waals surface area contributed by atoms with Gasteiger partial charge in [-0.25, -0.2) is 0 Å². The van der Waals surface area contributed by atoms with Gasteiger partial charge >= 0.3 is 0 Å². The van der Waals surface area contributed by atoms with Crippen molar-refractivity contribution in [3.05, 3.63) is 48.0 Å². The van der Waals surface area contributed by atoms with Gasteiger partial charge in [0.15, 0.2) is 0 Å². The molecule has 0 atom stereocenters. The zero-order valence-electron chi connectivity index (χ0n) is 21.0. The fraction of sp³-hybridized carbons (Fsp3) is 0.538. The first-order valence-electron chi connectivity index (χ1n) is 11.3. The van der Waals surface area contributed by atoms with Crippen LogP contribution in [0.3, 0.4) is 0 Å². The number of aromatic nitrogens is 3. The van der Waals surface area contributed by atoms with Crippen LogP contribution in [0, 0.1) is 5.41 Å². The van der Waals surface area contributed by atoms with Crippen LogP contribution in [0.25, 0.3) is 16.7 Å². The van der Waals surface area contributed by atoms with Crippen LogP contribution >= 0.6 is 0 Å². The molecule has 0 unspecified atom stereocenters. The summed E-state index contributed by atoms with van der Waals surface area (Å²) in [5, 5.41) is 9.66. The number of rotatable bonds is 5. The molecular formula is C26H39N3OSi. The van der Waals surface area contributed by atoms with E-state index in [0.717, 1.165) is 28.9 Å². The van der Waals surface area contributed by atoms with Crippen LogP contribution in [0.5, 0.6) is 5.75 Å². The largest absolute Gasteiger partial charge is 0.542 e. The molecule has 3 rings (SSSR count). The van der Waals surface area contributed by atoms with E-state index >= 15 is 0 Å². The Hall–Kier alpha value is -2.14. The summed E-state index contributed by atoms with van der Waals surface area (Å²) >= 11 is 0. The van der Waals surface area contributed by atoms with E-state index in [1.165, 1.54) is 5.56 Å². The Labute approximate surface area is 189 Å². The molecule has 0 amide bonds. The number of hydrogen-bond donors (Lipinski definition) is 0. The molecule has 0 saturated carbocycles. The van der Waals surface area contributed by atoms with E-state index in [2.05, 4.69) is 86.7 Å².